The zero-order valence-corrected chi connectivity index (χ0v) is 14.3. The number of hydrogen-bond donors (Lipinski definition) is 1. The lowest BCUT2D eigenvalue weighted by Gasteiger charge is -2.21. The standard InChI is InChI=1S/C13H15Cl3O3S/c1-4-7(2)20(19)11-8(3)9(12(17)18)5-6-10(11)13(14,15)16/h5-7H,4H2,1-3H3,(H,17,18)/t7-,20-/m0/s1. The molecule has 3 nitrogen and oxygen atoms in total. The van der Waals surface area contributed by atoms with Crippen LogP contribution >= 0.6 is 34.8 Å². The van der Waals surface area contributed by atoms with Crippen molar-refractivity contribution in [1.82, 2.24) is 0 Å². The first-order chi connectivity index (χ1) is 9.11. The van der Waals surface area contributed by atoms with E-state index in [-0.39, 0.29) is 16.4 Å². The summed E-state index contributed by atoms with van der Waals surface area (Å²) in [6.07, 6.45) is 0.669. The van der Waals surface area contributed by atoms with E-state index in [1.807, 2.05) is 13.8 Å². The molecule has 0 amide bonds. The summed E-state index contributed by atoms with van der Waals surface area (Å²) in [5, 5.41) is 9.00. The van der Waals surface area contributed by atoms with Gasteiger partial charge < -0.3 is 5.11 Å². The van der Waals surface area contributed by atoms with E-state index in [0.717, 1.165) is 0 Å². The van der Waals surface area contributed by atoms with Crippen LogP contribution in [0.4, 0.5) is 0 Å². The third-order valence-corrected chi connectivity index (χ3v) is 5.69. The zero-order valence-electron chi connectivity index (χ0n) is 11.2. The molecule has 0 saturated heterocycles. The van der Waals surface area contributed by atoms with Crippen LogP contribution in [0.5, 0.6) is 0 Å². The Hall–Kier alpha value is -0.290. The highest BCUT2D eigenvalue weighted by atomic mass is 35.6. The molecule has 112 valence electrons. The van der Waals surface area contributed by atoms with Gasteiger partial charge in [0.15, 0.2) is 0 Å². The minimum atomic E-state index is -1.75. The highest BCUT2D eigenvalue weighted by Crippen LogP contribution is 2.43. The molecule has 0 bridgehead atoms. The quantitative estimate of drug-likeness (QED) is 0.811. The third kappa shape index (κ3) is 3.67. The fourth-order valence-corrected chi connectivity index (χ4v) is 3.95. The lowest BCUT2D eigenvalue weighted by atomic mass is 10.1. The first-order valence-electron chi connectivity index (χ1n) is 5.95. The second-order valence-electron chi connectivity index (χ2n) is 4.43. The van der Waals surface area contributed by atoms with E-state index in [9.17, 15) is 9.00 Å². The van der Waals surface area contributed by atoms with Crippen molar-refractivity contribution in [3.05, 3.63) is 28.8 Å². The van der Waals surface area contributed by atoms with Gasteiger partial charge in [-0.1, -0.05) is 54.7 Å². The number of hydrogen-bond acceptors (Lipinski definition) is 2. The maximum Gasteiger partial charge on any atom is 0.335 e. The third-order valence-electron chi connectivity index (χ3n) is 3.08. The van der Waals surface area contributed by atoms with Crippen molar-refractivity contribution in [2.24, 2.45) is 0 Å². The molecular weight excluding hydrogens is 343 g/mol. The fourth-order valence-electron chi connectivity index (χ4n) is 1.76. The molecule has 20 heavy (non-hydrogen) atoms. The van der Waals surface area contributed by atoms with E-state index in [4.69, 9.17) is 39.9 Å². The van der Waals surface area contributed by atoms with E-state index in [0.29, 0.717) is 16.9 Å². The molecule has 1 rings (SSSR count). The highest BCUT2D eigenvalue weighted by Gasteiger charge is 2.32. The van der Waals surface area contributed by atoms with E-state index in [1.54, 1.807) is 6.92 Å². The maximum atomic E-state index is 12.6. The number of benzene rings is 1. The Bertz CT molecular complexity index is 553. The number of carboxylic acid groups (broad SMARTS) is 1. The Morgan fingerprint density at radius 3 is 2.35 bits per heavy atom. The SMILES string of the molecule is CC[C@H](C)[S@](=O)c1c(C(Cl)(Cl)Cl)ccc(C(=O)O)c1C. The van der Waals surface area contributed by atoms with Crippen LogP contribution < -0.4 is 0 Å². The lowest BCUT2D eigenvalue weighted by Crippen LogP contribution is -2.18. The Balaban J connectivity index is 3.62. The van der Waals surface area contributed by atoms with Crippen LogP contribution in [0.15, 0.2) is 17.0 Å². The molecule has 0 fully saturated rings. The second kappa shape index (κ2) is 6.65. The van der Waals surface area contributed by atoms with Gasteiger partial charge in [0.1, 0.15) is 0 Å². The summed E-state index contributed by atoms with van der Waals surface area (Å²) in [5.41, 5.74) is 0.707. The second-order valence-corrected chi connectivity index (χ2v) is 8.52. The first kappa shape index (κ1) is 17.8. The highest BCUT2D eigenvalue weighted by molar-refractivity contribution is 7.85. The van der Waals surface area contributed by atoms with Crippen LogP contribution in [0.2, 0.25) is 0 Å². The van der Waals surface area contributed by atoms with Crippen LogP contribution in [0.25, 0.3) is 0 Å². The van der Waals surface area contributed by atoms with Gasteiger partial charge in [-0.05, 0) is 25.0 Å². The Morgan fingerprint density at radius 1 is 1.40 bits per heavy atom. The molecular formula is C13H15Cl3O3S. The molecule has 0 saturated carbocycles. The molecule has 1 aromatic rings. The van der Waals surface area contributed by atoms with Gasteiger partial charge in [0.05, 0.1) is 21.3 Å². The fraction of sp³-hybridized carbons (Fsp3) is 0.462. The smallest absolute Gasteiger partial charge is 0.335 e. The molecule has 0 spiro atoms. The molecule has 0 aliphatic heterocycles. The number of carboxylic acids is 1. The molecule has 1 N–H and O–H groups in total. The van der Waals surface area contributed by atoms with Gasteiger partial charge in [-0.25, -0.2) is 4.79 Å². The molecule has 7 heteroatoms. The van der Waals surface area contributed by atoms with Gasteiger partial charge in [0.2, 0.25) is 3.79 Å². The first-order valence-corrected chi connectivity index (χ1v) is 8.30. The van der Waals surface area contributed by atoms with Crippen LogP contribution in [-0.2, 0) is 14.6 Å². The summed E-state index contributed by atoms with van der Waals surface area (Å²) in [7, 11) is -1.44. The molecule has 0 unspecified atom stereocenters. The molecule has 0 aliphatic rings. The summed E-state index contributed by atoms with van der Waals surface area (Å²) >= 11 is 17.7. The van der Waals surface area contributed by atoms with E-state index in [1.165, 1.54) is 12.1 Å². The van der Waals surface area contributed by atoms with Gasteiger partial charge in [0, 0.05) is 10.8 Å². The topological polar surface area (TPSA) is 54.4 Å². The normalized spacial score (nSPS) is 14.9. The van der Waals surface area contributed by atoms with Crippen molar-refractivity contribution in [3.63, 3.8) is 0 Å². The summed E-state index contributed by atoms with van der Waals surface area (Å²) in [5.74, 6) is -1.10. The predicted molar refractivity (Wildman–Crippen MR) is 83.5 cm³/mol. The number of carbonyl (C=O) groups is 1. The minimum Gasteiger partial charge on any atom is -0.478 e. The van der Waals surface area contributed by atoms with Crippen molar-refractivity contribution in [2.75, 3.05) is 0 Å². The largest absolute Gasteiger partial charge is 0.478 e. The van der Waals surface area contributed by atoms with Crippen molar-refractivity contribution < 1.29 is 14.1 Å². The van der Waals surface area contributed by atoms with Crippen molar-refractivity contribution in [2.45, 2.75) is 41.1 Å². The Labute approximate surface area is 135 Å². The van der Waals surface area contributed by atoms with Gasteiger partial charge >= 0.3 is 5.97 Å². The molecule has 1 aromatic carbocycles. The number of halogens is 3. The number of aromatic carboxylic acids is 1. The summed E-state index contributed by atoms with van der Waals surface area (Å²) < 4.78 is 10.8. The predicted octanol–water partition coefficient (Wildman–Crippen LogP) is 4.43. The summed E-state index contributed by atoms with van der Waals surface area (Å²) in [4.78, 5) is 11.5. The lowest BCUT2D eigenvalue weighted by molar-refractivity contribution is 0.0695. The molecule has 0 aromatic heterocycles. The maximum absolute atomic E-state index is 12.6. The molecule has 0 radical (unpaired) electrons. The zero-order chi connectivity index (χ0) is 15.7. The molecule has 2 atom stereocenters. The minimum absolute atomic E-state index is 0.0645. The van der Waals surface area contributed by atoms with Crippen molar-refractivity contribution in [3.8, 4) is 0 Å². The van der Waals surface area contributed by atoms with E-state index >= 15 is 0 Å². The van der Waals surface area contributed by atoms with Gasteiger partial charge in [-0.2, -0.15) is 0 Å². The average Bonchev–Trinajstić information content (AvgIpc) is 2.34. The Morgan fingerprint density at radius 2 is 1.95 bits per heavy atom. The van der Waals surface area contributed by atoms with Gasteiger partial charge in [0.25, 0.3) is 0 Å². The van der Waals surface area contributed by atoms with Crippen molar-refractivity contribution >= 4 is 51.6 Å². The Kier molecular flexibility index (Phi) is 5.90. The van der Waals surface area contributed by atoms with Gasteiger partial charge in [-0.15, -0.1) is 0 Å². The van der Waals surface area contributed by atoms with Crippen LogP contribution in [0, 0.1) is 6.92 Å². The van der Waals surface area contributed by atoms with Crippen molar-refractivity contribution in [1.29, 1.82) is 0 Å². The van der Waals surface area contributed by atoms with E-state index in [2.05, 4.69) is 0 Å². The van der Waals surface area contributed by atoms with Crippen LogP contribution in [0.3, 0.4) is 0 Å². The van der Waals surface area contributed by atoms with Gasteiger partial charge in [-0.3, -0.25) is 4.21 Å². The van der Waals surface area contributed by atoms with Crippen LogP contribution in [0.1, 0.15) is 41.8 Å². The molecule has 0 heterocycles. The summed E-state index contributed by atoms with van der Waals surface area (Å²) in [6, 6.07) is 2.78. The number of alkyl halides is 3. The number of rotatable bonds is 4. The summed E-state index contributed by atoms with van der Waals surface area (Å²) in [6.45, 7) is 5.29. The average molecular weight is 358 g/mol. The van der Waals surface area contributed by atoms with E-state index < -0.39 is 20.6 Å². The monoisotopic (exact) mass is 356 g/mol. The molecule has 0 aliphatic carbocycles. The van der Waals surface area contributed by atoms with Crippen LogP contribution in [-0.4, -0.2) is 20.5 Å².